The lowest BCUT2D eigenvalue weighted by Crippen LogP contribution is -2.44. The van der Waals surface area contributed by atoms with Crippen LogP contribution in [0.3, 0.4) is 0 Å². The third kappa shape index (κ3) is 6.32. The summed E-state index contributed by atoms with van der Waals surface area (Å²) in [5.74, 6) is 0.956. The van der Waals surface area contributed by atoms with Crippen molar-refractivity contribution in [2.75, 3.05) is 13.2 Å². The van der Waals surface area contributed by atoms with Gasteiger partial charge in [-0.25, -0.2) is 0 Å². The van der Waals surface area contributed by atoms with Crippen molar-refractivity contribution in [3.63, 3.8) is 0 Å². The minimum absolute atomic E-state index is 0.182. The molecule has 0 saturated carbocycles. The van der Waals surface area contributed by atoms with Gasteiger partial charge >= 0.3 is 0 Å². The van der Waals surface area contributed by atoms with Crippen LogP contribution in [0.25, 0.3) is 0 Å². The number of benzene rings is 1. The van der Waals surface area contributed by atoms with E-state index >= 15 is 0 Å². The molecule has 2 atom stereocenters. The van der Waals surface area contributed by atoms with E-state index in [0.29, 0.717) is 18.7 Å². The zero-order valence-electron chi connectivity index (χ0n) is 16.6. The highest BCUT2D eigenvalue weighted by atomic mass is 16.5. The summed E-state index contributed by atoms with van der Waals surface area (Å²) in [7, 11) is 0. The van der Waals surface area contributed by atoms with Crippen molar-refractivity contribution in [1.29, 1.82) is 0 Å². The van der Waals surface area contributed by atoms with Crippen molar-refractivity contribution >= 4 is 0 Å². The summed E-state index contributed by atoms with van der Waals surface area (Å²) >= 11 is 0. The number of ether oxygens (including phenoxy) is 1. The van der Waals surface area contributed by atoms with E-state index in [4.69, 9.17) is 4.74 Å². The van der Waals surface area contributed by atoms with E-state index in [9.17, 15) is 0 Å². The fourth-order valence-electron chi connectivity index (χ4n) is 3.14. The summed E-state index contributed by atoms with van der Waals surface area (Å²) in [6.45, 7) is 19.0. The molecule has 0 spiro atoms. The Balaban J connectivity index is 2.67. The highest BCUT2D eigenvalue weighted by molar-refractivity contribution is 5.31. The summed E-state index contributed by atoms with van der Waals surface area (Å²) in [5, 5.41) is 0. The van der Waals surface area contributed by atoms with Gasteiger partial charge in [0.25, 0.3) is 0 Å². The van der Waals surface area contributed by atoms with Crippen LogP contribution in [0.2, 0.25) is 0 Å². The van der Waals surface area contributed by atoms with Crippen LogP contribution in [0, 0.1) is 0 Å². The van der Waals surface area contributed by atoms with Crippen molar-refractivity contribution in [3.05, 3.63) is 42.5 Å². The summed E-state index contributed by atoms with van der Waals surface area (Å²) in [4.78, 5) is 2.53. The maximum atomic E-state index is 6.06. The van der Waals surface area contributed by atoms with Gasteiger partial charge in [-0.2, -0.15) is 0 Å². The second kappa shape index (κ2) is 9.88. The molecule has 2 heteroatoms. The van der Waals surface area contributed by atoms with Crippen LogP contribution >= 0.6 is 0 Å². The first-order valence-electron chi connectivity index (χ1n) is 9.43. The molecule has 0 N–H and O–H groups in total. The first kappa shape index (κ1) is 20.8. The quantitative estimate of drug-likeness (QED) is 0.501. The molecule has 2 nitrogen and oxygen atoms in total. The van der Waals surface area contributed by atoms with E-state index < -0.39 is 0 Å². The minimum atomic E-state index is 0.182. The molecule has 0 aliphatic heterocycles. The van der Waals surface area contributed by atoms with Gasteiger partial charge in [-0.1, -0.05) is 59.2 Å². The van der Waals surface area contributed by atoms with Crippen molar-refractivity contribution < 1.29 is 4.74 Å². The van der Waals surface area contributed by atoms with Crippen LogP contribution in [0.4, 0.5) is 0 Å². The van der Waals surface area contributed by atoms with Crippen molar-refractivity contribution in [2.45, 2.75) is 78.3 Å². The van der Waals surface area contributed by atoms with E-state index in [2.05, 4.69) is 77.3 Å². The molecule has 0 bridgehead atoms. The van der Waals surface area contributed by atoms with Crippen LogP contribution in [0.1, 0.15) is 66.4 Å². The number of nitrogens with zero attached hydrogens (tertiary/aromatic N) is 1. The molecule has 0 aromatic heterocycles. The lowest BCUT2D eigenvalue weighted by molar-refractivity contribution is 0.106. The highest BCUT2D eigenvalue weighted by Crippen LogP contribution is 2.24. The molecule has 2 unspecified atom stereocenters. The van der Waals surface area contributed by atoms with Crippen LogP contribution in [-0.4, -0.2) is 30.1 Å². The lowest BCUT2D eigenvalue weighted by Gasteiger charge is -2.35. The van der Waals surface area contributed by atoms with E-state index in [1.807, 2.05) is 6.08 Å². The first-order chi connectivity index (χ1) is 11.3. The van der Waals surface area contributed by atoms with E-state index in [1.165, 1.54) is 24.8 Å². The Bertz CT molecular complexity index is 472. The standard InChI is InChI=1S/C22H37NO/c1-8-11-20(10-3)23(16-9-2)18(4)17-24-21-14-12-19(13-15-21)22(5,6)7/h9,12-15,18,20H,2,8,10-11,16-17H2,1,3-7H3. The Morgan fingerprint density at radius 2 is 1.79 bits per heavy atom. The molecule has 0 saturated heterocycles. The zero-order chi connectivity index (χ0) is 18.2. The summed E-state index contributed by atoms with van der Waals surface area (Å²) in [5.41, 5.74) is 1.52. The molecule has 0 amide bonds. The molecule has 0 fully saturated rings. The van der Waals surface area contributed by atoms with Crippen LogP contribution in [-0.2, 0) is 5.41 Å². The molecule has 0 aliphatic rings. The SMILES string of the molecule is C=CCN(C(C)COc1ccc(C(C)(C)C)cc1)C(CC)CCC. The average Bonchev–Trinajstić information content (AvgIpc) is 2.55. The second-order valence-electron chi connectivity index (χ2n) is 7.77. The molecule has 0 heterocycles. The average molecular weight is 332 g/mol. The van der Waals surface area contributed by atoms with Gasteiger partial charge in [-0.3, -0.25) is 4.90 Å². The largest absolute Gasteiger partial charge is 0.492 e. The molecule has 0 aliphatic carbocycles. The van der Waals surface area contributed by atoms with Crippen LogP contribution < -0.4 is 4.74 Å². The van der Waals surface area contributed by atoms with Crippen molar-refractivity contribution in [1.82, 2.24) is 4.90 Å². The lowest BCUT2D eigenvalue weighted by atomic mass is 9.87. The third-order valence-corrected chi connectivity index (χ3v) is 4.68. The number of hydrogen-bond donors (Lipinski definition) is 0. The molecule has 136 valence electrons. The first-order valence-corrected chi connectivity index (χ1v) is 9.43. The van der Waals surface area contributed by atoms with Gasteiger partial charge in [-0.15, -0.1) is 6.58 Å². The molecule has 0 radical (unpaired) electrons. The van der Waals surface area contributed by atoms with Gasteiger partial charge in [0.2, 0.25) is 0 Å². The van der Waals surface area contributed by atoms with Gasteiger partial charge in [-0.05, 0) is 42.9 Å². The molecular weight excluding hydrogens is 294 g/mol. The van der Waals surface area contributed by atoms with Crippen LogP contribution in [0.15, 0.2) is 36.9 Å². The van der Waals surface area contributed by atoms with Crippen LogP contribution in [0.5, 0.6) is 5.75 Å². The monoisotopic (exact) mass is 331 g/mol. The molecular formula is C22H37NO. The van der Waals surface area contributed by atoms with E-state index in [1.54, 1.807) is 0 Å². The Kier molecular flexibility index (Phi) is 8.55. The van der Waals surface area contributed by atoms with E-state index in [-0.39, 0.29) is 5.41 Å². The molecule has 1 rings (SSSR count). The highest BCUT2D eigenvalue weighted by Gasteiger charge is 2.21. The van der Waals surface area contributed by atoms with Crippen molar-refractivity contribution in [3.8, 4) is 5.75 Å². The zero-order valence-corrected chi connectivity index (χ0v) is 16.6. The predicted molar refractivity (Wildman–Crippen MR) is 106 cm³/mol. The maximum Gasteiger partial charge on any atom is 0.119 e. The Labute approximate surface area is 149 Å². The number of hydrogen-bond acceptors (Lipinski definition) is 2. The molecule has 24 heavy (non-hydrogen) atoms. The predicted octanol–water partition coefficient (Wildman–Crippen LogP) is 5.82. The van der Waals surface area contributed by atoms with E-state index in [0.717, 1.165) is 12.3 Å². The summed E-state index contributed by atoms with van der Waals surface area (Å²) in [6.07, 6.45) is 5.63. The molecule has 1 aromatic carbocycles. The van der Waals surface area contributed by atoms with Crippen molar-refractivity contribution in [2.24, 2.45) is 0 Å². The fourth-order valence-corrected chi connectivity index (χ4v) is 3.14. The summed E-state index contributed by atoms with van der Waals surface area (Å²) < 4.78 is 6.06. The minimum Gasteiger partial charge on any atom is -0.492 e. The summed E-state index contributed by atoms with van der Waals surface area (Å²) in [6, 6.07) is 9.51. The third-order valence-electron chi connectivity index (χ3n) is 4.68. The van der Waals surface area contributed by atoms with Gasteiger partial charge in [0.1, 0.15) is 12.4 Å². The van der Waals surface area contributed by atoms with Gasteiger partial charge in [0, 0.05) is 18.6 Å². The second-order valence-corrected chi connectivity index (χ2v) is 7.77. The smallest absolute Gasteiger partial charge is 0.119 e. The number of rotatable bonds is 10. The molecule has 1 aromatic rings. The van der Waals surface area contributed by atoms with Gasteiger partial charge in [0.15, 0.2) is 0 Å². The normalized spacial score (nSPS) is 14.5. The maximum absolute atomic E-state index is 6.06. The Morgan fingerprint density at radius 3 is 2.25 bits per heavy atom. The topological polar surface area (TPSA) is 12.5 Å². The fraction of sp³-hybridized carbons (Fsp3) is 0.636. The van der Waals surface area contributed by atoms with Gasteiger partial charge in [0.05, 0.1) is 0 Å². The van der Waals surface area contributed by atoms with Gasteiger partial charge < -0.3 is 4.74 Å². The Morgan fingerprint density at radius 1 is 1.17 bits per heavy atom. The Hall–Kier alpha value is -1.28.